The quantitative estimate of drug-likeness (QED) is 0.0541. The van der Waals surface area contributed by atoms with Crippen LogP contribution in [0.1, 0.15) is 69.2 Å². The fourth-order valence-corrected chi connectivity index (χ4v) is 6.73. The lowest BCUT2D eigenvalue weighted by molar-refractivity contribution is -0.141. The highest BCUT2D eigenvalue weighted by atomic mass is 16.5. The summed E-state index contributed by atoms with van der Waals surface area (Å²) in [6.45, 7) is 8.99. The zero-order valence-corrected chi connectivity index (χ0v) is 37.1. The van der Waals surface area contributed by atoms with Crippen LogP contribution in [0.15, 0.2) is 103 Å². The van der Waals surface area contributed by atoms with Gasteiger partial charge in [0.05, 0.1) is 19.6 Å². The van der Waals surface area contributed by atoms with Crippen LogP contribution in [0.3, 0.4) is 0 Å². The number of hydrogen-bond donors (Lipinski definition) is 7. The van der Waals surface area contributed by atoms with Crippen molar-refractivity contribution in [1.82, 2.24) is 31.9 Å². The number of aliphatic carboxylic acids is 1. The molecule has 0 bridgehead atoms. The van der Waals surface area contributed by atoms with Crippen LogP contribution in [0.4, 0.5) is 0 Å². The molecule has 64 heavy (non-hydrogen) atoms. The van der Waals surface area contributed by atoms with E-state index >= 15 is 0 Å². The van der Waals surface area contributed by atoms with Gasteiger partial charge in [-0.2, -0.15) is 0 Å². The van der Waals surface area contributed by atoms with E-state index < -0.39 is 78.5 Å². The molecule has 0 aliphatic rings. The molecule has 7 N–H and O–H groups in total. The Kier molecular flexibility index (Phi) is 19.5. The molecule has 0 heterocycles. The van der Waals surface area contributed by atoms with E-state index in [1.54, 1.807) is 43.3 Å². The zero-order valence-electron chi connectivity index (χ0n) is 37.1. The predicted molar refractivity (Wildman–Crippen MR) is 243 cm³/mol. The lowest BCUT2D eigenvalue weighted by atomic mass is 10.00. The van der Waals surface area contributed by atoms with Gasteiger partial charge in [-0.1, -0.05) is 110 Å². The number of aryl methyl sites for hydroxylation is 1. The average Bonchev–Trinajstić information content (AvgIpc) is 3.28. The van der Waals surface area contributed by atoms with Gasteiger partial charge in [0.2, 0.25) is 35.4 Å². The molecular weight excluding hydrogens is 817 g/mol. The Morgan fingerprint density at radius 2 is 1.09 bits per heavy atom. The number of carboxylic acid groups (broad SMARTS) is 1. The second-order valence-electron chi connectivity index (χ2n) is 15.6. The molecule has 5 unspecified atom stereocenters. The van der Waals surface area contributed by atoms with E-state index in [1.165, 1.54) is 0 Å². The van der Waals surface area contributed by atoms with Crippen LogP contribution in [0.5, 0.6) is 5.75 Å². The highest BCUT2D eigenvalue weighted by Gasteiger charge is 2.32. The van der Waals surface area contributed by atoms with Gasteiger partial charge in [-0.15, -0.1) is 0 Å². The summed E-state index contributed by atoms with van der Waals surface area (Å²) in [5.41, 5.74) is 5.02. The first-order valence-electron chi connectivity index (χ1n) is 21.6. The van der Waals surface area contributed by atoms with E-state index in [0.717, 1.165) is 22.3 Å². The molecule has 6 amide bonds. The molecule has 0 aliphatic carbocycles. The second-order valence-corrected chi connectivity index (χ2v) is 15.6. The lowest BCUT2D eigenvalue weighted by Gasteiger charge is -2.25. The van der Waals surface area contributed by atoms with Crippen LogP contribution < -0.4 is 36.6 Å². The third-order valence-electron chi connectivity index (χ3n) is 10.4. The molecule has 0 aliphatic heterocycles. The maximum atomic E-state index is 13.9. The molecule has 15 heteroatoms. The second kappa shape index (κ2) is 25.2. The number of hydrogen-bond acceptors (Lipinski definition) is 8. The molecule has 15 nitrogen and oxygen atoms in total. The molecule has 0 fully saturated rings. The molecule has 0 spiro atoms. The smallest absolute Gasteiger partial charge is 0.305 e. The van der Waals surface area contributed by atoms with Crippen LogP contribution in [-0.4, -0.2) is 89.9 Å². The summed E-state index contributed by atoms with van der Waals surface area (Å²) in [5.74, 6) is -4.85. The van der Waals surface area contributed by atoms with Crippen molar-refractivity contribution in [3.8, 4) is 16.9 Å². The number of rotatable bonds is 24. The van der Waals surface area contributed by atoms with Gasteiger partial charge >= 0.3 is 5.97 Å². The molecule has 5 atom stereocenters. The number of amides is 6. The topological polar surface area (TPSA) is 221 Å². The van der Waals surface area contributed by atoms with Gasteiger partial charge in [-0.25, -0.2) is 0 Å². The van der Waals surface area contributed by atoms with Crippen molar-refractivity contribution in [1.29, 1.82) is 0 Å². The Bertz CT molecular complexity index is 2200. The maximum absolute atomic E-state index is 13.9. The van der Waals surface area contributed by atoms with E-state index in [4.69, 9.17) is 4.74 Å². The van der Waals surface area contributed by atoms with E-state index in [2.05, 4.69) is 31.9 Å². The summed E-state index contributed by atoms with van der Waals surface area (Å²) in [7, 11) is 0. The van der Waals surface area contributed by atoms with Gasteiger partial charge in [-0.05, 0) is 67.1 Å². The van der Waals surface area contributed by atoms with Gasteiger partial charge < -0.3 is 41.7 Å². The summed E-state index contributed by atoms with van der Waals surface area (Å²) in [5, 5.41) is 25.7. The minimum absolute atomic E-state index is 0.0204. The number of benzene rings is 4. The van der Waals surface area contributed by atoms with Gasteiger partial charge in [-0.3, -0.25) is 33.6 Å². The number of ether oxygens (including phenoxy) is 1. The largest absolute Gasteiger partial charge is 0.494 e. The molecule has 340 valence electrons. The number of carboxylic acids is 1. The monoisotopic (exact) mass is 876 g/mol. The van der Waals surface area contributed by atoms with Gasteiger partial charge in [0.1, 0.15) is 29.9 Å². The summed E-state index contributed by atoms with van der Waals surface area (Å²) >= 11 is 0. The highest BCUT2D eigenvalue weighted by Crippen LogP contribution is 2.20. The predicted octanol–water partition coefficient (Wildman–Crippen LogP) is 3.94. The highest BCUT2D eigenvalue weighted by molar-refractivity contribution is 5.97. The standard InChI is InChI=1S/C49H60N6O9/c1-6-32(5)51-47(61)40(26-33-17-21-37(22-18-33)36-15-10-9-11-16-36)53-44(57)30-50-46(60)39(28-35-14-12-13-31(4)25-35)54-49(63)42(29-45(58)59)55-48(62)41(52-43(56)7-2)27-34-19-23-38(24-20-34)64-8-3/h9-25,32,39-42H,6-8,26-30H2,1-5H3,(H,50,60)(H,51,61)(H,52,56)(H,53,57)(H,54,63)(H,55,62)(H,58,59). The Morgan fingerprint density at radius 1 is 0.562 bits per heavy atom. The minimum atomic E-state index is -1.66. The molecule has 4 aromatic carbocycles. The normalized spacial score (nSPS) is 13.1. The van der Waals surface area contributed by atoms with Crippen LogP contribution in [-0.2, 0) is 52.8 Å². The van der Waals surface area contributed by atoms with E-state index in [0.29, 0.717) is 29.9 Å². The van der Waals surface area contributed by atoms with Crippen molar-refractivity contribution in [2.24, 2.45) is 0 Å². The number of carbonyl (C=O) groups is 7. The third-order valence-corrected chi connectivity index (χ3v) is 10.4. The van der Waals surface area contributed by atoms with E-state index in [-0.39, 0.29) is 31.7 Å². The first-order valence-corrected chi connectivity index (χ1v) is 21.6. The Labute approximate surface area is 374 Å². The molecule has 0 saturated carbocycles. The van der Waals surface area contributed by atoms with Crippen LogP contribution in [0.2, 0.25) is 0 Å². The molecule has 4 rings (SSSR count). The minimum Gasteiger partial charge on any atom is -0.494 e. The van der Waals surface area contributed by atoms with Crippen molar-refractivity contribution in [2.75, 3.05) is 13.2 Å². The average molecular weight is 877 g/mol. The Hall–Kier alpha value is -7.03. The third kappa shape index (κ3) is 16.3. The summed E-state index contributed by atoms with van der Waals surface area (Å²) < 4.78 is 5.49. The van der Waals surface area contributed by atoms with Gasteiger partial charge in [0.25, 0.3) is 0 Å². The SMILES string of the molecule is CCOc1ccc(CC(NC(=O)CC)C(=O)NC(CC(=O)O)C(=O)NC(Cc2cccc(C)c2)C(=O)NCC(=O)NC(Cc2ccc(-c3ccccc3)cc2)C(=O)NC(C)CC)cc1. The van der Waals surface area contributed by atoms with Crippen LogP contribution in [0.25, 0.3) is 11.1 Å². The van der Waals surface area contributed by atoms with Crippen molar-refractivity contribution < 1.29 is 43.4 Å². The zero-order chi connectivity index (χ0) is 46.6. The Balaban J connectivity index is 1.50. The first-order chi connectivity index (χ1) is 30.7. The van der Waals surface area contributed by atoms with Crippen molar-refractivity contribution in [3.63, 3.8) is 0 Å². The number of carbonyl (C=O) groups excluding carboxylic acids is 6. The van der Waals surface area contributed by atoms with Crippen LogP contribution in [0, 0.1) is 6.92 Å². The summed E-state index contributed by atoms with van der Waals surface area (Å²) in [4.78, 5) is 92.9. The summed E-state index contributed by atoms with van der Waals surface area (Å²) in [6.07, 6.45) is 0.0229. The fourth-order valence-electron chi connectivity index (χ4n) is 6.73. The first kappa shape index (κ1) is 49.6. The molecule has 0 radical (unpaired) electrons. The van der Waals surface area contributed by atoms with E-state index in [9.17, 15) is 38.7 Å². The van der Waals surface area contributed by atoms with Gasteiger partial charge in [0.15, 0.2) is 0 Å². The van der Waals surface area contributed by atoms with E-state index in [1.807, 2.05) is 94.4 Å². The van der Waals surface area contributed by atoms with Crippen molar-refractivity contribution in [3.05, 3.63) is 125 Å². The van der Waals surface area contributed by atoms with Crippen LogP contribution >= 0.6 is 0 Å². The fraction of sp³-hybridized carbons (Fsp3) is 0.367. The maximum Gasteiger partial charge on any atom is 0.305 e. The molecule has 4 aromatic rings. The molecule has 0 aromatic heterocycles. The number of nitrogens with one attached hydrogen (secondary N) is 6. The Morgan fingerprint density at radius 3 is 1.67 bits per heavy atom. The molecular formula is C49H60N6O9. The lowest BCUT2D eigenvalue weighted by Crippen LogP contribution is -2.58. The van der Waals surface area contributed by atoms with Gasteiger partial charge in [0, 0.05) is 31.7 Å². The summed E-state index contributed by atoms with van der Waals surface area (Å²) in [6, 6.07) is 26.2. The van der Waals surface area contributed by atoms with Crippen molar-refractivity contribution in [2.45, 2.75) is 103 Å². The van der Waals surface area contributed by atoms with Crippen molar-refractivity contribution >= 4 is 41.4 Å². The molecule has 0 saturated heterocycles.